The largest absolute Gasteiger partial charge is 0.505 e. The van der Waals surface area contributed by atoms with Gasteiger partial charge in [-0.05, 0) is 81.3 Å². The maximum absolute atomic E-state index is 14.1. The topological polar surface area (TPSA) is 88.1 Å². The Balaban J connectivity index is 1.63. The Morgan fingerprint density at radius 3 is 2.35 bits per heavy atom. The van der Waals surface area contributed by atoms with E-state index in [9.17, 15) is 14.7 Å². The van der Waals surface area contributed by atoms with Crippen LogP contribution >= 0.6 is 11.6 Å². The predicted molar refractivity (Wildman–Crippen MR) is 196 cm³/mol. The highest BCUT2D eigenvalue weighted by molar-refractivity contribution is 6.63. The number of hydrogen-bond donors (Lipinski definition) is 2. The Morgan fingerprint density at radius 2 is 1.73 bits per heavy atom. The maximum atomic E-state index is 14.1. The molecule has 2 N–H and O–H groups in total. The molecule has 0 bridgehead atoms. The van der Waals surface area contributed by atoms with Gasteiger partial charge in [0.2, 0.25) is 0 Å². The minimum atomic E-state index is -0.902. The molecule has 5 rings (SSSR count). The first-order valence-electron chi connectivity index (χ1n) is 16.8. The van der Waals surface area contributed by atoms with Crippen LogP contribution < -0.4 is 15.0 Å². The van der Waals surface area contributed by atoms with Gasteiger partial charge < -0.3 is 19.9 Å². The number of Topliss-reactive ketones (excluding diaryl/α,β-unsaturated/α-hetero) is 1. The van der Waals surface area contributed by atoms with Crippen LogP contribution in [-0.2, 0) is 22.6 Å². The Kier molecular flexibility index (Phi) is 10.7. The second kappa shape index (κ2) is 14.4. The van der Waals surface area contributed by atoms with Crippen molar-refractivity contribution in [2.45, 2.75) is 97.0 Å². The molecule has 7 nitrogen and oxygen atoms in total. The molecule has 254 valence electrons. The van der Waals surface area contributed by atoms with Crippen LogP contribution in [0, 0.1) is 5.41 Å². The highest BCUT2D eigenvalue weighted by atomic mass is 35.5. The molecule has 0 saturated heterocycles. The number of allylic oxidation sites excluding steroid dienone is 1. The molecule has 0 fully saturated rings. The number of anilines is 2. The van der Waals surface area contributed by atoms with Crippen LogP contribution in [0.1, 0.15) is 84.0 Å². The number of amides is 1. The van der Waals surface area contributed by atoms with E-state index in [-0.39, 0.29) is 16.9 Å². The van der Waals surface area contributed by atoms with E-state index in [1.165, 1.54) is 12.0 Å². The Hall–Kier alpha value is -3.75. The van der Waals surface area contributed by atoms with Crippen molar-refractivity contribution in [3.8, 4) is 11.5 Å². The summed E-state index contributed by atoms with van der Waals surface area (Å²) in [5.74, 6) is 0.561. The molecule has 1 aliphatic carbocycles. The van der Waals surface area contributed by atoms with E-state index in [1.807, 2.05) is 48.5 Å². The van der Waals surface area contributed by atoms with Crippen LogP contribution in [0.15, 0.2) is 71.9 Å². The number of ketones is 1. The average Bonchev–Trinajstić information content (AvgIpc) is 3.15. The number of nitrogens with zero attached hydrogens (tertiary/aromatic N) is 1. The zero-order chi connectivity index (χ0) is 34.9. The number of phenolic OH excluding ortho intramolecular Hbond substituents is 1. The molecule has 0 saturated carbocycles. The number of phenols is 1. The second-order valence-electron chi connectivity index (χ2n) is 14.5. The average molecular weight is 688 g/mol. The predicted octanol–water partition coefficient (Wildman–Crippen LogP) is 10.3. The number of rotatable bonds is 9. The molecule has 0 radical (unpaired) electrons. The van der Waals surface area contributed by atoms with E-state index in [0.29, 0.717) is 81.5 Å². The minimum Gasteiger partial charge on any atom is -0.505 e. The normalized spacial score (nSPS) is 17.8. The van der Waals surface area contributed by atoms with Gasteiger partial charge in [0.25, 0.3) is 0 Å². The summed E-state index contributed by atoms with van der Waals surface area (Å²) in [4.78, 5) is 29.4. The van der Waals surface area contributed by atoms with Gasteiger partial charge in [-0.15, -0.1) is 0 Å². The zero-order valence-electron chi connectivity index (χ0n) is 29.3. The van der Waals surface area contributed by atoms with Crippen molar-refractivity contribution >= 4 is 43.6 Å². The van der Waals surface area contributed by atoms with Crippen molar-refractivity contribution in [1.29, 1.82) is 0 Å². The number of fused-ring (bicyclic) bond motifs is 1. The van der Waals surface area contributed by atoms with Crippen LogP contribution in [0.4, 0.5) is 16.2 Å². The van der Waals surface area contributed by atoms with Gasteiger partial charge in [-0.3, -0.25) is 9.69 Å². The third-order valence-electron chi connectivity index (χ3n) is 9.54. The Bertz CT molecular complexity index is 1700. The fourth-order valence-corrected chi connectivity index (χ4v) is 12.0. The van der Waals surface area contributed by atoms with Crippen molar-refractivity contribution in [3.05, 3.63) is 93.6 Å². The summed E-state index contributed by atoms with van der Waals surface area (Å²) in [5.41, 5.74) is 5.55. The first-order valence-corrected chi connectivity index (χ1v) is 18.9. The van der Waals surface area contributed by atoms with Crippen molar-refractivity contribution in [3.63, 3.8) is 0 Å². The van der Waals surface area contributed by atoms with Crippen molar-refractivity contribution in [2.75, 3.05) is 17.3 Å². The molecule has 2 aliphatic rings. The number of halogens is 1. The third kappa shape index (κ3) is 7.30. The van der Waals surface area contributed by atoms with E-state index in [0.717, 1.165) is 11.1 Å². The summed E-state index contributed by atoms with van der Waals surface area (Å²) in [6.07, 6.45) is 0.887. The lowest BCUT2D eigenvalue weighted by atomic mass is 9.73. The van der Waals surface area contributed by atoms with E-state index in [2.05, 4.69) is 53.8 Å². The lowest BCUT2D eigenvalue weighted by Gasteiger charge is -2.36. The molecular weight excluding hydrogens is 640 g/mol. The number of carbonyl (C=O) groups excluding carboxylic acids is 2. The lowest BCUT2D eigenvalue weighted by Crippen LogP contribution is -2.39. The summed E-state index contributed by atoms with van der Waals surface area (Å²) in [6, 6.07) is 18.0. The van der Waals surface area contributed by atoms with Crippen LogP contribution in [0.5, 0.6) is 11.5 Å². The molecular formula is C39H48ClN2O5Si+. The lowest BCUT2D eigenvalue weighted by molar-refractivity contribution is -0.118. The maximum Gasteiger partial charge on any atom is 0.414 e. The van der Waals surface area contributed by atoms with Gasteiger partial charge in [-0.2, -0.15) is 0 Å². The van der Waals surface area contributed by atoms with Crippen LogP contribution in [0.3, 0.4) is 0 Å². The van der Waals surface area contributed by atoms with E-state index >= 15 is 0 Å². The fraction of sp³-hybridized carbons (Fsp3) is 0.436. The standard InChI is InChI=1S/C39H47ClN2O5Si/c1-23(2)48(24(3)4)25(5)18-27-14-17-32-35(37(27)44)41-31-20-39(6,7)21-33(43)34(31)36(42(32)38(45)46-8)29-16-15-28(19-30(29)40)47-22-26-12-10-9-11-13-26/h9-17,19,23-25,36H,18,20-22H2,1-8H3,(H-,41,43,44)/p+1. The van der Waals surface area contributed by atoms with Crippen molar-refractivity contribution < 1.29 is 24.2 Å². The highest BCUT2D eigenvalue weighted by Crippen LogP contribution is 2.52. The molecule has 2 atom stereocenters. The van der Waals surface area contributed by atoms with Crippen LogP contribution in [-0.4, -0.2) is 32.9 Å². The van der Waals surface area contributed by atoms with E-state index in [4.69, 9.17) is 21.1 Å². The van der Waals surface area contributed by atoms with Crippen LogP contribution in [0.2, 0.25) is 21.6 Å². The van der Waals surface area contributed by atoms with Crippen molar-refractivity contribution in [2.24, 2.45) is 5.41 Å². The molecule has 3 aromatic carbocycles. The SMILES string of the molecule is COC(=O)N1c2ccc(CC(C)[Si+](C(C)C)C(C)C)c(O)c2NC2=C(C(=O)CC(C)(C)C2)C1c1ccc(OCc2ccccc2)cc1Cl. The Morgan fingerprint density at radius 1 is 1.04 bits per heavy atom. The minimum absolute atomic E-state index is 0.0844. The van der Waals surface area contributed by atoms with Gasteiger partial charge >= 0.3 is 14.9 Å². The quantitative estimate of drug-likeness (QED) is 0.172. The van der Waals surface area contributed by atoms with E-state index < -0.39 is 20.9 Å². The third-order valence-corrected chi connectivity index (χ3v) is 13.9. The fourth-order valence-electron chi connectivity index (χ4n) is 7.70. The van der Waals surface area contributed by atoms with Gasteiger partial charge in [0.15, 0.2) is 5.78 Å². The number of carbonyl (C=O) groups is 2. The smallest absolute Gasteiger partial charge is 0.414 e. The summed E-state index contributed by atoms with van der Waals surface area (Å²) in [6.45, 7) is 15.9. The number of nitrogens with one attached hydrogen (secondary N) is 1. The molecule has 3 aromatic rings. The van der Waals surface area contributed by atoms with Gasteiger partial charge in [0.1, 0.15) is 23.8 Å². The summed E-state index contributed by atoms with van der Waals surface area (Å²) in [7, 11) is 0.583. The van der Waals surface area contributed by atoms with Gasteiger partial charge in [0.05, 0.1) is 35.5 Å². The number of aromatic hydroxyl groups is 1. The zero-order valence-corrected chi connectivity index (χ0v) is 31.1. The first-order chi connectivity index (χ1) is 22.7. The number of hydrogen-bond acceptors (Lipinski definition) is 6. The Labute approximate surface area is 291 Å². The molecule has 48 heavy (non-hydrogen) atoms. The van der Waals surface area contributed by atoms with Gasteiger partial charge in [-0.1, -0.05) is 67.9 Å². The van der Waals surface area contributed by atoms with Gasteiger partial charge in [0, 0.05) is 29.1 Å². The number of benzene rings is 3. The molecule has 0 aromatic heterocycles. The second-order valence-corrected chi connectivity index (χ2v) is 19.2. The molecule has 1 heterocycles. The van der Waals surface area contributed by atoms with Gasteiger partial charge in [-0.25, -0.2) is 4.79 Å². The monoisotopic (exact) mass is 687 g/mol. The summed E-state index contributed by atoms with van der Waals surface area (Å²) < 4.78 is 11.4. The summed E-state index contributed by atoms with van der Waals surface area (Å²) in [5, 5.41) is 15.8. The highest BCUT2D eigenvalue weighted by Gasteiger charge is 2.46. The van der Waals surface area contributed by atoms with Crippen molar-refractivity contribution in [1.82, 2.24) is 0 Å². The first kappa shape index (κ1) is 35.6. The number of ether oxygens (including phenoxy) is 2. The van der Waals surface area contributed by atoms with E-state index in [1.54, 1.807) is 12.1 Å². The molecule has 0 spiro atoms. The molecule has 1 aliphatic heterocycles. The molecule has 2 unspecified atom stereocenters. The summed E-state index contributed by atoms with van der Waals surface area (Å²) >= 11 is 7.01. The molecule has 9 heteroatoms. The number of methoxy groups -OCH3 is 1. The molecule has 1 amide bonds. The van der Waals surface area contributed by atoms with Crippen LogP contribution in [0.25, 0.3) is 0 Å².